The summed E-state index contributed by atoms with van der Waals surface area (Å²) >= 11 is 0. The molecule has 0 saturated carbocycles. The Morgan fingerprint density at radius 3 is 1.97 bits per heavy atom. The monoisotopic (exact) mass is 484 g/mol. The van der Waals surface area contributed by atoms with Gasteiger partial charge in [-0.3, -0.25) is 4.79 Å². The number of aliphatic hydroxyl groups excluding tert-OH is 1. The van der Waals surface area contributed by atoms with Crippen LogP contribution in [0.3, 0.4) is 0 Å². The van der Waals surface area contributed by atoms with Gasteiger partial charge in [-0.05, 0) is 46.1 Å². The molecule has 0 rings (SSSR count). The maximum absolute atomic E-state index is 12.3. The van der Waals surface area contributed by atoms with Crippen molar-refractivity contribution in [3.05, 3.63) is 10.4 Å². The fraction of sp³-hybridized carbons (Fsp3) is 0.920. The van der Waals surface area contributed by atoms with Crippen molar-refractivity contribution in [1.82, 2.24) is 5.32 Å². The molecular formula is C25H48N4O5. The van der Waals surface area contributed by atoms with Crippen LogP contribution in [-0.2, 0) is 14.3 Å². The highest BCUT2D eigenvalue weighted by molar-refractivity contribution is 5.76. The quantitative estimate of drug-likeness (QED) is 0.0702. The SMILES string of the molecule is CCCCCCCCCCCCC[C@H](C[C@@H](O)[C@@H](N=[N+]=[N-])C(=O)OCC)NC(=O)OC(C)(C)C. The van der Waals surface area contributed by atoms with Gasteiger partial charge in [-0.15, -0.1) is 0 Å². The molecule has 9 nitrogen and oxygen atoms in total. The Morgan fingerprint density at radius 1 is 0.971 bits per heavy atom. The molecule has 34 heavy (non-hydrogen) atoms. The van der Waals surface area contributed by atoms with Crippen molar-refractivity contribution in [1.29, 1.82) is 0 Å². The first kappa shape index (κ1) is 32.0. The molecule has 0 aromatic carbocycles. The average molecular weight is 485 g/mol. The third-order valence-electron chi connectivity index (χ3n) is 5.47. The summed E-state index contributed by atoms with van der Waals surface area (Å²) in [6, 6.07) is -1.78. The van der Waals surface area contributed by atoms with E-state index >= 15 is 0 Å². The topological polar surface area (TPSA) is 134 Å². The second kappa shape index (κ2) is 19.3. The molecular weight excluding hydrogens is 436 g/mol. The zero-order valence-corrected chi connectivity index (χ0v) is 22.1. The van der Waals surface area contributed by atoms with E-state index in [4.69, 9.17) is 15.0 Å². The number of azide groups is 1. The van der Waals surface area contributed by atoms with Crippen LogP contribution in [0.1, 0.15) is 118 Å². The first-order valence-electron chi connectivity index (χ1n) is 13.0. The Balaban J connectivity index is 4.66. The molecule has 0 fully saturated rings. The number of carbonyl (C=O) groups is 2. The van der Waals surface area contributed by atoms with Crippen LogP contribution in [0, 0.1) is 0 Å². The lowest BCUT2D eigenvalue weighted by molar-refractivity contribution is -0.147. The van der Waals surface area contributed by atoms with E-state index in [1.807, 2.05) is 0 Å². The molecule has 0 aromatic rings. The number of rotatable bonds is 19. The van der Waals surface area contributed by atoms with Crippen molar-refractivity contribution >= 4 is 12.1 Å². The van der Waals surface area contributed by atoms with E-state index in [0.29, 0.717) is 6.42 Å². The van der Waals surface area contributed by atoms with Crippen LogP contribution in [-0.4, -0.2) is 47.6 Å². The molecule has 0 heterocycles. The molecule has 0 aromatic heterocycles. The molecule has 0 aliphatic carbocycles. The summed E-state index contributed by atoms with van der Waals surface area (Å²) in [5, 5.41) is 16.8. The van der Waals surface area contributed by atoms with E-state index in [1.54, 1.807) is 27.7 Å². The second-order valence-electron chi connectivity index (χ2n) is 9.87. The number of esters is 1. The first-order chi connectivity index (χ1) is 16.1. The van der Waals surface area contributed by atoms with Gasteiger partial charge in [0.05, 0.1) is 12.7 Å². The molecule has 0 radical (unpaired) electrons. The van der Waals surface area contributed by atoms with E-state index < -0.39 is 35.9 Å². The molecule has 0 aliphatic rings. The maximum atomic E-state index is 12.3. The minimum Gasteiger partial charge on any atom is -0.466 e. The zero-order chi connectivity index (χ0) is 25.8. The Labute approximate surface area is 206 Å². The highest BCUT2D eigenvalue weighted by Gasteiger charge is 2.30. The zero-order valence-electron chi connectivity index (χ0n) is 22.1. The van der Waals surface area contributed by atoms with E-state index in [1.165, 1.54) is 51.4 Å². The molecule has 2 N–H and O–H groups in total. The molecule has 0 saturated heterocycles. The van der Waals surface area contributed by atoms with Gasteiger partial charge in [-0.2, -0.15) is 0 Å². The highest BCUT2D eigenvalue weighted by atomic mass is 16.6. The molecule has 0 aliphatic heterocycles. The van der Waals surface area contributed by atoms with Gasteiger partial charge in [0.1, 0.15) is 5.60 Å². The summed E-state index contributed by atoms with van der Waals surface area (Å²) in [5.41, 5.74) is 8.12. The van der Waals surface area contributed by atoms with Crippen LogP contribution in [0.25, 0.3) is 10.4 Å². The van der Waals surface area contributed by atoms with Crippen molar-refractivity contribution in [2.45, 2.75) is 142 Å². The van der Waals surface area contributed by atoms with Crippen molar-refractivity contribution in [2.75, 3.05) is 6.61 Å². The van der Waals surface area contributed by atoms with E-state index in [2.05, 4.69) is 22.3 Å². The van der Waals surface area contributed by atoms with Gasteiger partial charge in [-0.25, -0.2) is 4.79 Å². The third kappa shape index (κ3) is 17.5. The number of nitrogens with zero attached hydrogens (tertiary/aromatic N) is 3. The van der Waals surface area contributed by atoms with Gasteiger partial charge >= 0.3 is 12.1 Å². The lowest BCUT2D eigenvalue weighted by atomic mass is 9.98. The first-order valence-corrected chi connectivity index (χ1v) is 13.0. The number of aliphatic hydroxyl groups is 1. The Hall–Kier alpha value is -1.99. The van der Waals surface area contributed by atoms with Gasteiger partial charge in [-0.1, -0.05) is 82.7 Å². The van der Waals surface area contributed by atoms with Gasteiger partial charge < -0.3 is 19.9 Å². The number of alkyl carbamates (subject to hydrolysis) is 1. The standard InChI is InChI=1S/C25H48N4O5/c1-6-8-9-10-11-12-13-14-15-16-17-18-20(27-24(32)34-25(3,4)5)19-21(30)22(28-29-26)23(31)33-7-2/h20-22,30H,6-19H2,1-5H3,(H,27,32)/t20-,21-,22-/m1/s1. The summed E-state index contributed by atoms with van der Waals surface area (Å²) in [6.07, 6.45) is 12.2. The molecule has 0 bridgehead atoms. The van der Waals surface area contributed by atoms with Crippen LogP contribution in [0.15, 0.2) is 5.11 Å². The van der Waals surface area contributed by atoms with E-state index in [9.17, 15) is 14.7 Å². The summed E-state index contributed by atoms with van der Waals surface area (Å²) in [7, 11) is 0. The van der Waals surface area contributed by atoms with Crippen LogP contribution >= 0.6 is 0 Å². The molecule has 0 spiro atoms. The smallest absolute Gasteiger partial charge is 0.407 e. The fourth-order valence-corrected chi connectivity index (χ4v) is 3.76. The third-order valence-corrected chi connectivity index (χ3v) is 5.47. The molecule has 9 heteroatoms. The van der Waals surface area contributed by atoms with Crippen LogP contribution < -0.4 is 5.32 Å². The van der Waals surface area contributed by atoms with Crippen LogP contribution in [0.5, 0.6) is 0 Å². The van der Waals surface area contributed by atoms with Gasteiger partial charge in [0.15, 0.2) is 6.04 Å². The van der Waals surface area contributed by atoms with Crippen molar-refractivity contribution in [3.63, 3.8) is 0 Å². The fourth-order valence-electron chi connectivity index (χ4n) is 3.76. The Morgan fingerprint density at radius 2 is 1.50 bits per heavy atom. The molecule has 0 unspecified atom stereocenters. The number of hydrogen-bond donors (Lipinski definition) is 2. The van der Waals surface area contributed by atoms with Crippen molar-refractivity contribution in [3.8, 4) is 0 Å². The predicted octanol–water partition coefficient (Wildman–Crippen LogP) is 6.57. The summed E-state index contributed by atoms with van der Waals surface area (Å²) < 4.78 is 10.2. The molecule has 3 atom stereocenters. The Bertz CT molecular complexity index is 603. The van der Waals surface area contributed by atoms with Crippen molar-refractivity contribution in [2.24, 2.45) is 5.11 Å². The number of unbranched alkanes of at least 4 members (excludes halogenated alkanes) is 10. The Kier molecular flexibility index (Phi) is 18.2. The number of nitrogens with one attached hydrogen (secondary N) is 1. The maximum Gasteiger partial charge on any atom is 0.407 e. The number of amides is 1. The van der Waals surface area contributed by atoms with Gasteiger partial charge in [0.2, 0.25) is 0 Å². The number of hydrogen-bond acceptors (Lipinski definition) is 6. The van der Waals surface area contributed by atoms with Gasteiger partial charge in [0.25, 0.3) is 0 Å². The lowest BCUT2D eigenvalue weighted by Gasteiger charge is -2.26. The number of carbonyl (C=O) groups excluding carboxylic acids is 2. The minimum atomic E-state index is -1.36. The summed E-state index contributed by atoms with van der Waals surface area (Å²) in [5.74, 6) is -0.779. The molecule has 198 valence electrons. The highest BCUT2D eigenvalue weighted by Crippen LogP contribution is 2.17. The van der Waals surface area contributed by atoms with Crippen molar-refractivity contribution < 1.29 is 24.2 Å². The number of ether oxygens (including phenoxy) is 2. The minimum absolute atomic E-state index is 0.0551. The van der Waals surface area contributed by atoms with Crippen LogP contribution in [0.4, 0.5) is 4.79 Å². The largest absolute Gasteiger partial charge is 0.466 e. The predicted molar refractivity (Wildman–Crippen MR) is 134 cm³/mol. The lowest BCUT2D eigenvalue weighted by Crippen LogP contribution is -2.44. The van der Waals surface area contributed by atoms with Gasteiger partial charge in [0, 0.05) is 11.0 Å². The molecule has 1 amide bonds. The van der Waals surface area contributed by atoms with Crippen LogP contribution in [0.2, 0.25) is 0 Å². The van der Waals surface area contributed by atoms with E-state index in [-0.39, 0.29) is 13.0 Å². The summed E-state index contributed by atoms with van der Waals surface area (Å²) in [6.45, 7) is 9.31. The normalized spacial score (nSPS) is 13.9. The average Bonchev–Trinajstić information content (AvgIpc) is 2.74. The summed E-state index contributed by atoms with van der Waals surface area (Å²) in [4.78, 5) is 27.0. The second-order valence-corrected chi connectivity index (χ2v) is 9.87. The van der Waals surface area contributed by atoms with E-state index in [0.717, 1.165) is 19.3 Å².